The number of carbonyl (C=O) groups excluding carboxylic acids is 2. The Hall–Kier alpha value is -3.06. The number of nitrogens with zero attached hydrogens (tertiary/aromatic N) is 2. The van der Waals surface area contributed by atoms with Crippen molar-refractivity contribution in [3.05, 3.63) is 59.7 Å². The van der Waals surface area contributed by atoms with Crippen LogP contribution < -0.4 is 15.4 Å². The van der Waals surface area contributed by atoms with Gasteiger partial charge in [0.2, 0.25) is 0 Å². The van der Waals surface area contributed by atoms with Gasteiger partial charge in [0.05, 0.1) is 13.2 Å². The highest BCUT2D eigenvalue weighted by Crippen LogP contribution is 2.18. The molecular weight excluding hydrogens is 358 g/mol. The smallest absolute Gasteiger partial charge is 0.255 e. The largest absolute Gasteiger partial charge is 0.484 e. The van der Waals surface area contributed by atoms with Crippen LogP contribution in [0.4, 0.5) is 5.69 Å². The average Bonchev–Trinajstić information content (AvgIpc) is 2.73. The molecule has 0 spiro atoms. The van der Waals surface area contributed by atoms with Gasteiger partial charge < -0.3 is 25.0 Å². The second-order valence-corrected chi connectivity index (χ2v) is 6.71. The van der Waals surface area contributed by atoms with E-state index < -0.39 is 5.91 Å². The van der Waals surface area contributed by atoms with Gasteiger partial charge >= 0.3 is 0 Å². The van der Waals surface area contributed by atoms with Crippen molar-refractivity contribution in [3.63, 3.8) is 0 Å². The quantitative estimate of drug-likeness (QED) is 0.786. The summed E-state index contributed by atoms with van der Waals surface area (Å²) in [7, 11) is 1.77. The fourth-order valence-electron chi connectivity index (χ4n) is 3.05. The van der Waals surface area contributed by atoms with Crippen molar-refractivity contribution < 1.29 is 19.1 Å². The van der Waals surface area contributed by atoms with Crippen LogP contribution in [0.15, 0.2) is 48.5 Å². The Morgan fingerprint density at radius 1 is 1.07 bits per heavy atom. The highest BCUT2D eigenvalue weighted by atomic mass is 16.5. The Morgan fingerprint density at radius 2 is 1.71 bits per heavy atom. The third-order valence-electron chi connectivity index (χ3n) is 4.56. The molecule has 0 atom stereocenters. The van der Waals surface area contributed by atoms with Gasteiger partial charge in [-0.25, -0.2) is 0 Å². The van der Waals surface area contributed by atoms with Gasteiger partial charge in [-0.05, 0) is 42.0 Å². The van der Waals surface area contributed by atoms with E-state index in [2.05, 4.69) is 29.2 Å². The van der Waals surface area contributed by atoms with Crippen molar-refractivity contribution in [1.29, 1.82) is 0 Å². The molecule has 0 saturated carbocycles. The summed E-state index contributed by atoms with van der Waals surface area (Å²) in [6, 6.07) is 14.9. The van der Waals surface area contributed by atoms with Crippen molar-refractivity contribution in [1.82, 2.24) is 4.90 Å². The minimum absolute atomic E-state index is 0.0845. The molecule has 1 saturated heterocycles. The van der Waals surface area contributed by atoms with Crippen LogP contribution in [0.1, 0.15) is 15.9 Å². The number of hydrogen-bond acceptors (Lipinski definition) is 5. The van der Waals surface area contributed by atoms with E-state index >= 15 is 0 Å². The highest BCUT2D eigenvalue weighted by Gasteiger charge is 2.14. The first-order valence-electron chi connectivity index (χ1n) is 9.21. The molecule has 28 heavy (non-hydrogen) atoms. The first kappa shape index (κ1) is 19.7. The summed E-state index contributed by atoms with van der Waals surface area (Å²) in [4.78, 5) is 27.3. The van der Waals surface area contributed by atoms with Crippen molar-refractivity contribution in [2.24, 2.45) is 5.73 Å². The van der Waals surface area contributed by atoms with Crippen LogP contribution in [-0.4, -0.2) is 56.7 Å². The predicted octanol–water partition coefficient (Wildman–Crippen LogP) is 1.66. The van der Waals surface area contributed by atoms with E-state index in [0.29, 0.717) is 17.9 Å². The van der Waals surface area contributed by atoms with E-state index in [1.165, 1.54) is 5.69 Å². The Bertz CT molecular complexity index is 799. The average molecular weight is 383 g/mol. The first-order valence-corrected chi connectivity index (χ1v) is 9.21. The number of amides is 2. The van der Waals surface area contributed by atoms with Gasteiger partial charge in [-0.15, -0.1) is 0 Å². The molecule has 1 fully saturated rings. The topological polar surface area (TPSA) is 85.1 Å². The standard InChI is InChI=1S/C21H25N3O4/c1-23(21(26)17-4-8-19(9-5-17)28-15-20(22)25)14-16-2-6-18(7-3-16)24-10-12-27-13-11-24/h2-9H,10-15H2,1H3,(H2,22,25). The minimum Gasteiger partial charge on any atom is -0.484 e. The molecule has 0 bridgehead atoms. The number of anilines is 1. The molecule has 1 aliphatic heterocycles. The van der Waals surface area contributed by atoms with Crippen molar-refractivity contribution in [2.45, 2.75) is 6.54 Å². The Kier molecular flexibility index (Phi) is 6.49. The highest BCUT2D eigenvalue weighted by molar-refractivity contribution is 5.94. The van der Waals surface area contributed by atoms with Crippen molar-refractivity contribution in [3.8, 4) is 5.75 Å². The van der Waals surface area contributed by atoms with Crippen LogP contribution in [0.25, 0.3) is 0 Å². The maximum Gasteiger partial charge on any atom is 0.255 e. The molecule has 2 N–H and O–H groups in total. The second kappa shape index (κ2) is 9.23. The second-order valence-electron chi connectivity index (χ2n) is 6.71. The first-order chi connectivity index (χ1) is 13.5. The summed E-state index contributed by atoms with van der Waals surface area (Å²) >= 11 is 0. The Morgan fingerprint density at radius 3 is 2.32 bits per heavy atom. The van der Waals surface area contributed by atoms with Crippen LogP contribution in [0.2, 0.25) is 0 Å². The number of ether oxygens (including phenoxy) is 2. The van der Waals surface area contributed by atoms with E-state index in [9.17, 15) is 9.59 Å². The third-order valence-corrected chi connectivity index (χ3v) is 4.56. The molecule has 2 amide bonds. The molecule has 148 valence electrons. The molecule has 2 aromatic carbocycles. The fraction of sp³-hybridized carbons (Fsp3) is 0.333. The molecule has 1 aliphatic rings. The number of carbonyl (C=O) groups is 2. The van der Waals surface area contributed by atoms with E-state index in [1.54, 1.807) is 36.2 Å². The molecule has 1 heterocycles. The molecule has 0 radical (unpaired) electrons. The molecule has 0 unspecified atom stereocenters. The van der Waals surface area contributed by atoms with Crippen LogP contribution >= 0.6 is 0 Å². The van der Waals surface area contributed by atoms with Crippen LogP contribution in [0.3, 0.4) is 0 Å². The minimum atomic E-state index is -0.542. The van der Waals surface area contributed by atoms with Gasteiger partial charge in [0.1, 0.15) is 5.75 Å². The lowest BCUT2D eigenvalue weighted by Gasteiger charge is -2.29. The SMILES string of the molecule is CN(Cc1ccc(N2CCOCC2)cc1)C(=O)c1ccc(OCC(N)=O)cc1. The van der Waals surface area contributed by atoms with Crippen LogP contribution in [0.5, 0.6) is 5.75 Å². The zero-order valence-electron chi connectivity index (χ0n) is 16.0. The monoisotopic (exact) mass is 383 g/mol. The number of primary amides is 1. The zero-order valence-corrected chi connectivity index (χ0v) is 16.0. The van der Waals surface area contributed by atoms with Gasteiger partial charge in [0, 0.05) is 37.9 Å². The lowest BCUT2D eigenvalue weighted by molar-refractivity contribution is -0.119. The Labute approximate surface area is 164 Å². The van der Waals surface area contributed by atoms with Crippen molar-refractivity contribution in [2.75, 3.05) is 44.9 Å². The molecule has 0 aliphatic carbocycles. The third kappa shape index (κ3) is 5.23. The Balaban J connectivity index is 1.56. The summed E-state index contributed by atoms with van der Waals surface area (Å²) in [5.41, 5.74) is 7.84. The van der Waals surface area contributed by atoms with Crippen molar-refractivity contribution >= 4 is 17.5 Å². The van der Waals surface area contributed by atoms with E-state index in [0.717, 1.165) is 31.9 Å². The summed E-state index contributed by atoms with van der Waals surface area (Å²) in [5, 5.41) is 0. The number of nitrogens with two attached hydrogens (primary N) is 1. The van der Waals surface area contributed by atoms with Gasteiger partial charge in [0.25, 0.3) is 11.8 Å². The molecule has 0 aromatic heterocycles. The van der Waals surface area contributed by atoms with Crippen LogP contribution in [0, 0.1) is 0 Å². The molecule has 2 aromatic rings. The number of morpholine rings is 1. The molecular formula is C21H25N3O4. The molecule has 7 heteroatoms. The molecule has 7 nitrogen and oxygen atoms in total. The number of benzene rings is 2. The lowest BCUT2D eigenvalue weighted by Crippen LogP contribution is -2.36. The summed E-state index contributed by atoms with van der Waals surface area (Å²) in [6.45, 7) is 3.64. The number of rotatable bonds is 7. The molecule has 3 rings (SSSR count). The lowest BCUT2D eigenvalue weighted by atomic mass is 10.1. The van der Waals surface area contributed by atoms with E-state index in [4.69, 9.17) is 15.2 Å². The van der Waals surface area contributed by atoms with Crippen LogP contribution in [-0.2, 0) is 16.1 Å². The van der Waals surface area contributed by atoms with Gasteiger partial charge in [-0.1, -0.05) is 12.1 Å². The normalized spacial score (nSPS) is 13.8. The maximum absolute atomic E-state index is 12.6. The summed E-state index contributed by atoms with van der Waals surface area (Å²) in [6.07, 6.45) is 0. The summed E-state index contributed by atoms with van der Waals surface area (Å²) < 4.78 is 10.6. The zero-order chi connectivity index (χ0) is 19.9. The summed E-state index contributed by atoms with van der Waals surface area (Å²) in [5.74, 6) is -0.130. The number of hydrogen-bond donors (Lipinski definition) is 1. The van der Waals surface area contributed by atoms with Gasteiger partial charge in [-0.3, -0.25) is 9.59 Å². The van der Waals surface area contributed by atoms with Gasteiger partial charge in [0.15, 0.2) is 6.61 Å². The fourth-order valence-corrected chi connectivity index (χ4v) is 3.05. The van der Waals surface area contributed by atoms with E-state index in [-0.39, 0.29) is 12.5 Å². The maximum atomic E-state index is 12.6. The predicted molar refractivity (Wildman–Crippen MR) is 106 cm³/mol. The van der Waals surface area contributed by atoms with E-state index in [1.807, 2.05) is 0 Å². The van der Waals surface area contributed by atoms with Gasteiger partial charge in [-0.2, -0.15) is 0 Å².